The smallest absolute Gasteiger partial charge is 0.0733 e. The number of aryl methyl sites for hydroxylation is 1. The fraction of sp³-hybridized carbons (Fsp3) is 0.548. The number of unbranched alkanes of at least 4 members (excludes halogenated alkanes) is 5. The second-order valence-electron chi connectivity index (χ2n) is 9.86. The third kappa shape index (κ3) is 8.91. The predicted molar refractivity (Wildman–Crippen MR) is 144 cm³/mol. The van der Waals surface area contributed by atoms with Crippen molar-refractivity contribution in [2.75, 3.05) is 0 Å². The quantitative estimate of drug-likeness (QED) is 0.167. The van der Waals surface area contributed by atoms with Crippen molar-refractivity contribution in [2.45, 2.75) is 97.3 Å². The lowest BCUT2D eigenvalue weighted by molar-refractivity contribution is 0.301. The van der Waals surface area contributed by atoms with E-state index in [1.807, 2.05) is 6.21 Å². The largest absolute Gasteiger partial charge is 0.158 e. The zero-order chi connectivity index (χ0) is 23.1. The zero-order valence-electron chi connectivity index (χ0n) is 21.0. The van der Waals surface area contributed by atoms with Crippen molar-refractivity contribution < 1.29 is 0 Å². The lowest BCUT2D eigenvalue weighted by Gasteiger charge is -2.29. The van der Waals surface area contributed by atoms with E-state index in [9.17, 15) is 0 Å². The van der Waals surface area contributed by atoms with Crippen LogP contribution in [-0.4, -0.2) is 11.9 Å². The Morgan fingerprint density at radius 1 is 0.788 bits per heavy atom. The number of benzene rings is 2. The van der Waals surface area contributed by atoms with Crippen LogP contribution in [0.4, 0.5) is 0 Å². The van der Waals surface area contributed by atoms with Gasteiger partial charge in [0.05, 0.1) is 11.9 Å². The molecule has 1 aliphatic rings. The molecule has 0 N–H and O–H groups in total. The summed E-state index contributed by atoms with van der Waals surface area (Å²) in [6.45, 7) is 4.57. The first-order valence-electron chi connectivity index (χ1n) is 13.6. The summed E-state index contributed by atoms with van der Waals surface area (Å²) in [4.78, 5) is 0. The monoisotopic (exact) mass is 444 g/mol. The Bertz CT molecular complexity index is 827. The SMILES string of the molecule is CCCCCCCc1ccc(C=NN=C(c2ccccc2)[C@H]2CC[C@H](CCCC)CC2)cc1. The average molecular weight is 445 g/mol. The number of hydrogen-bond donors (Lipinski definition) is 0. The van der Waals surface area contributed by atoms with E-state index in [4.69, 9.17) is 5.10 Å². The second kappa shape index (κ2) is 14.8. The third-order valence-corrected chi connectivity index (χ3v) is 7.19. The Balaban J connectivity index is 1.60. The molecular weight excluding hydrogens is 400 g/mol. The van der Waals surface area contributed by atoms with Crippen LogP contribution in [0.15, 0.2) is 64.8 Å². The standard InChI is InChI=1S/C31H44N2/c1-3-5-7-8-10-14-27-17-19-28(20-18-27)25-32-33-31(29-15-11-9-12-16-29)30-23-21-26(22-24-30)13-6-4-2/h9,11-12,15-20,25-26,30H,3-8,10,13-14,21-24H2,1-2H3/t26-,30-. The van der Waals surface area contributed by atoms with Crippen LogP contribution >= 0.6 is 0 Å². The van der Waals surface area contributed by atoms with Crippen LogP contribution in [0.3, 0.4) is 0 Å². The van der Waals surface area contributed by atoms with Gasteiger partial charge in [-0.25, -0.2) is 0 Å². The molecular formula is C31H44N2. The molecule has 0 aliphatic heterocycles. The van der Waals surface area contributed by atoms with Crippen LogP contribution < -0.4 is 0 Å². The maximum Gasteiger partial charge on any atom is 0.0733 e. The van der Waals surface area contributed by atoms with Gasteiger partial charge in [-0.3, -0.25) is 0 Å². The van der Waals surface area contributed by atoms with Gasteiger partial charge < -0.3 is 0 Å². The Kier molecular flexibility index (Phi) is 11.4. The van der Waals surface area contributed by atoms with Gasteiger partial charge in [0.25, 0.3) is 0 Å². The molecule has 0 spiro atoms. The maximum absolute atomic E-state index is 4.79. The van der Waals surface area contributed by atoms with Crippen LogP contribution in [0.2, 0.25) is 0 Å². The summed E-state index contributed by atoms with van der Waals surface area (Å²) in [5.41, 5.74) is 4.95. The van der Waals surface area contributed by atoms with Gasteiger partial charge in [0, 0.05) is 5.92 Å². The first kappa shape index (κ1) is 25.4. The van der Waals surface area contributed by atoms with Gasteiger partial charge >= 0.3 is 0 Å². The van der Waals surface area contributed by atoms with Crippen molar-refractivity contribution >= 4 is 11.9 Å². The summed E-state index contributed by atoms with van der Waals surface area (Å²) < 4.78 is 0. The average Bonchev–Trinajstić information content (AvgIpc) is 2.87. The van der Waals surface area contributed by atoms with Crippen LogP contribution in [0.1, 0.15) is 108 Å². The Labute approximate surface area is 202 Å². The molecule has 0 saturated heterocycles. The van der Waals surface area contributed by atoms with E-state index in [-0.39, 0.29) is 0 Å². The number of nitrogens with zero attached hydrogens (tertiary/aromatic N) is 2. The minimum atomic E-state index is 0.525. The highest BCUT2D eigenvalue weighted by Crippen LogP contribution is 2.34. The van der Waals surface area contributed by atoms with E-state index < -0.39 is 0 Å². The highest BCUT2D eigenvalue weighted by Gasteiger charge is 2.25. The summed E-state index contributed by atoms with van der Waals surface area (Å²) in [5.74, 6) is 1.43. The molecule has 33 heavy (non-hydrogen) atoms. The summed E-state index contributed by atoms with van der Waals surface area (Å²) in [6.07, 6.45) is 19.0. The highest BCUT2D eigenvalue weighted by atomic mass is 15.2. The summed E-state index contributed by atoms with van der Waals surface area (Å²) in [7, 11) is 0. The molecule has 2 nitrogen and oxygen atoms in total. The summed E-state index contributed by atoms with van der Waals surface area (Å²) >= 11 is 0. The molecule has 1 fully saturated rings. The van der Waals surface area contributed by atoms with Crippen molar-refractivity contribution in [3.05, 3.63) is 71.3 Å². The molecule has 0 heterocycles. The van der Waals surface area contributed by atoms with E-state index in [0.29, 0.717) is 5.92 Å². The molecule has 0 radical (unpaired) electrons. The second-order valence-corrected chi connectivity index (χ2v) is 9.86. The van der Waals surface area contributed by atoms with Crippen LogP contribution in [0.25, 0.3) is 0 Å². The van der Waals surface area contributed by atoms with Crippen molar-refractivity contribution in [2.24, 2.45) is 22.0 Å². The summed E-state index contributed by atoms with van der Waals surface area (Å²) in [5, 5.41) is 9.34. The lowest BCUT2D eigenvalue weighted by atomic mass is 9.76. The molecule has 3 rings (SSSR count). The Morgan fingerprint density at radius 2 is 1.48 bits per heavy atom. The van der Waals surface area contributed by atoms with Gasteiger partial charge in [-0.15, -0.1) is 0 Å². The molecule has 0 amide bonds. The lowest BCUT2D eigenvalue weighted by Crippen LogP contribution is -2.22. The molecule has 178 valence electrons. The van der Waals surface area contributed by atoms with Gasteiger partial charge in [0.1, 0.15) is 0 Å². The first-order valence-corrected chi connectivity index (χ1v) is 13.6. The molecule has 2 aromatic rings. The van der Waals surface area contributed by atoms with Gasteiger partial charge in [0.2, 0.25) is 0 Å². The third-order valence-electron chi connectivity index (χ3n) is 7.19. The number of hydrogen-bond acceptors (Lipinski definition) is 2. The number of rotatable bonds is 13. The predicted octanol–water partition coefficient (Wildman–Crippen LogP) is 9.02. The van der Waals surface area contributed by atoms with Crippen molar-refractivity contribution in [1.82, 2.24) is 0 Å². The fourth-order valence-electron chi connectivity index (χ4n) is 5.06. The maximum atomic E-state index is 4.79. The topological polar surface area (TPSA) is 24.7 Å². The first-order chi connectivity index (χ1) is 16.3. The Hall–Kier alpha value is -2.22. The van der Waals surface area contributed by atoms with Crippen LogP contribution in [-0.2, 0) is 6.42 Å². The fourth-order valence-corrected chi connectivity index (χ4v) is 5.06. The van der Waals surface area contributed by atoms with Crippen molar-refractivity contribution in [1.29, 1.82) is 0 Å². The molecule has 2 aromatic carbocycles. The zero-order valence-corrected chi connectivity index (χ0v) is 21.0. The normalized spacial score (nSPS) is 19.3. The van der Waals surface area contributed by atoms with Crippen molar-refractivity contribution in [3.8, 4) is 0 Å². The van der Waals surface area contributed by atoms with Crippen molar-refractivity contribution in [3.63, 3.8) is 0 Å². The summed E-state index contributed by atoms with van der Waals surface area (Å²) in [6, 6.07) is 19.5. The van der Waals surface area contributed by atoms with Gasteiger partial charge in [-0.1, -0.05) is 113 Å². The highest BCUT2D eigenvalue weighted by molar-refractivity contribution is 6.02. The molecule has 0 unspecified atom stereocenters. The van der Waals surface area contributed by atoms with Crippen LogP contribution in [0, 0.1) is 11.8 Å². The minimum absolute atomic E-state index is 0.525. The van der Waals surface area contributed by atoms with Gasteiger partial charge in [0.15, 0.2) is 0 Å². The van der Waals surface area contributed by atoms with Crippen LogP contribution in [0.5, 0.6) is 0 Å². The minimum Gasteiger partial charge on any atom is -0.158 e. The van der Waals surface area contributed by atoms with E-state index >= 15 is 0 Å². The van der Waals surface area contributed by atoms with E-state index in [1.165, 1.54) is 100 Å². The molecule has 1 aliphatic carbocycles. The van der Waals surface area contributed by atoms with Gasteiger partial charge in [-0.05, 0) is 61.1 Å². The van der Waals surface area contributed by atoms with E-state index in [1.54, 1.807) is 0 Å². The Morgan fingerprint density at radius 3 is 2.18 bits per heavy atom. The van der Waals surface area contributed by atoms with E-state index in [2.05, 4.69) is 73.5 Å². The molecule has 0 aromatic heterocycles. The molecule has 1 saturated carbocycles. The van der Waals surface area contributed by atoms with E-state index in [0.717, 1.165) is 11.5 Å². The molecule has 0 atom stereocenters. The van der Waals surface area contributed by atoms with Gasteiger partial charge in [-0.2, -0.15) is 10.2 Å². The molecule has 2 heteroatoms. The molecule has 0 bridgehead atoms.